The van der Waals surface area contributed by atoms with Gasteiger partial charge in [-0.3, -0.25) is 28.8 Å². The summed E-state index contributed by atoms with van der Waals surface area (Å²) < 4.78 is 0. The number of carboxylic acids is 6. The summed E-state index contributed by atoms with van der Waals surface area (Å²) in [6.07, 6.45) is 7.19. The highest BCUT2D eigenvalue weighted by Crippen LogP contribution is 2.18. The number of aliphatic hydroxyl groups is 1. The van der Waals surface area contributed by atoms with Crippen molar-refractivity contribution in [2.24, 2.45) is 52.0 Å². The molecule has 22 N–H and O–H groups in total. The van der Waals surface area contributed by atoms with Crippen LogP contribution in [0, 0.1) is 11.8 Å². The van der Waals surface area contributed by atoms with E-state index in [1.165, 1.54) is 6.92 Å². The third-order valence-electron chi connectivity index (χ3n) is 8.06. The van der Waals surface area contributed by atoms with Gasteiger partial charge in [-0.15, -0.1) is 0 Å². The Balaban J connectivity index is -0.000000319. The molecule has 0 aliphatic rings. The van der Waals surface area contributed by atoms with Gasteiger partial charge in [0.05, 0.1) is 6.10 Å². The van der Waals surface area contributed by atoms with Gasteiger partial charge in [0.25, 0.3) is 0 Å². The van der Waals surface area contributed by atoms with Gasteiger partial charge < -0.3 is 80.9 Å². The minimum absolute atomic E-state index is 0.0718. The highest BCUT2D eigenvalue weighted by atomic mass is 32.2. The molecular weight excluding hydrogens is 809 g/mol. The largest absolute Gasteiger partial charge is 0.480 e. The van der Waals surface area contributed by atoms with Crippen molar-refractivity contribution in [1.82, 2.24) is 4.98 Å². The fraction of sp³-hybridized carbons (Fsp3) is 0.632. The van der Waals surface area contributed by atoms with Gasteiger partial charge in [-0.25, -0.2) is 0 Å². The number of H-pyrrole nitrogens is 1. The molecule has 0 radical (unpaired) electrons. The molecule has 21 nitrogen and oxygen atoms in total. The molecule has 0 saturated carbocycles. The minimum Gasteiger partial charge on any atom is -0.480 e. The van der Waals surface area contributed by atoms with Crippen molar-refractivity contribution in [1.29, 1.82) is 0 Å². The summed E-state index contributed by atoms with van der Waals surface area (Å²) in [6, 6.07) is 2.97. The fourth-order valence-corrected chi connectivity index (χ4v) is 4.43. The van der Waals surface area contributed by atoms with E-state index in [1.807, 2.05) is 64.4 Å². The maximum Gasteiger partial charge on any atom is 0.323 e. The second-order valence-electron chi connectivity index (χ2n) is 13.9. The zero-order valence-electron chi connectivity index (χ0n) is 35.5. The average molecular weight is 881 g/mol. The SMILES string of the molecule is CC(C)CC(N)C(=O)O.CC(O)C(N)C(=O)O.CCC(C)C(N)C(=O)O.CSCCC(N)C(=O)O.NC(Cc1c[nH]c2ccccc12)C(=O)O.NCCCCC(N)C(=O)O. The summed E-state index contributed by atoms with van der Waals surface area (Å²) in [6.45, 7) is 9.59. The summed E-state index contributed by atoms with van der Waals surface area (Å²) in [5, 5.41) is 59.6. The van der Waals surface area contributed by atoms with Crippen molar-refractivity contribution >= 4 is 58.5 Å². The first-order chi connectivity index (χ1) is 27.7. The van der Waals surface area contributed by atoms with Crippen LogP contribution in [0.3, 0.4) is 0 Å². The Bertz CT molecular complexity index is 1500. The zero-order chi connectivity index (χ0) is 47.7. The molecule has 0 aliphatic carbocycles. The van der Waals surface area contributed by atoms with Crippen molar-refractivity contribution in [2.75, 3.05) is 18.6 Å². The zero-order valence-corrected chi connectivity index (χ0v) is 36.3. The molecular formula is C38H72N8O13S. The van der Waals surface area contributed by atoms with E-state index in [4.69, 9.17) is 75.9 Å². The van der Waals surface area contributed by atoms with E-state index >= 15 is 0 Å². The molecule has 0 aliphatic heterocycles. The van der Waals surface area contributed by atoms with Gasteiger partial charge >= 0.3 is 35.8 Å². The summed E-state index contributed by atoms with van der Waals surface area (Å²) >= 11 is 1.60. The molecule has 0 spiro atoms. The van der Waals surface area contributed by atoms with Crippen molar-refractivity contribution in [3.63, 3.8) is 0 Å². The Morgan fingerprint density at radius 3 is 1.47 bits per heavy atom. The molecule has 2 aromatic rings. The van der Waals surface area contributed by atoms with E-state index in [1.54, 1.807) is 11.8 Å². The van der Waals surface area contributed by atoms with Crippen molar-refractivity contribution in [3.8, 4) is 0 Å². The molecule has 8 unspecified atom stereocenters. The third-order valence-corrected chi connectivity index (χ3v) is 8.70. The number of carboxylic acid groups (broad SMARTS) is 6. The molecule has 2 rings (SSSR count). The fourth-order valence-electron chi connectivity index (χ4n) is 3.94. The van der Waals surface area contributed by atoms with Crippen LogP contribution in [0.1, 0.15) is 78.7 Å². The number of benzene rings is 1. The van der Waals surface area contributed by atoms with Crippen LogP contribution >= 0.6 is 11.8 Å². The molecule has 1 heterocycles. The van der Waals surface area contributed by atoms with E-state index in [0.29, 0.717) is 38.1 Å². The number of rotatable bonds is 20. The van der Waals surface area contributed by atoms with Gasteiger partial charge in [0.2, 0.25) is 0 Å². The number of nitrogens with one attached hydrogen (secondary N) is 1. The maximum atomic E-state index is 10.6. The summed E-state index contributed by atoms with van der Waals surface area (Å²) in [7, 11) is 0. The van der Waals surface area contributed by atoms with Crippen LogP contribution in [0.25, 0.3) is 10.9 Å². The predicted octanol–water partition coefficient (Wildman–Crippen LogP) is 0.469. The molecule has 0 amide bonds. The summed E-state index contributed by atoms with van der Waals surface area (Å²) in [5.74, 6) is -4.58. The van der Waals surface area contributed by atoms with Crippen molar-refractivity contribution in [2.45, 2.75) is 122 Å². The Labute approximate surface area is 355 Å². The Kier molecular flexibility index (Phi) is 37.8. The number of aliphatic carboxylic acids is 6. The van der Waals surface area contributed by atoms with Gasteiger partial charge in [0.15, 0.2) is 0 Å². The first-order valence-electron chi connectivity index (χ1n) is 19.1. The van der Waals surface area contributed by atoms with E-state index in [9.17, 15) is 28.8 Å². The number of nitrogens with two attached hydrogens (primary N) is 7. The number of hydrogen-bond acceptors (Lipinski definition) is 15. The van der Waals surface area contributed by atoms with Crippen molar-refractivity contribution < 1.29 is 64.5 Å². The molecule has 1 aromatic heterocycles. The number of aromatic nitrogens is 1. The van der Waals surface area contributed by atoms with Crippen LogP contribution in [0.15, 0.2) is 30.5 Å². The number of thioether (sulfide) groups is 1. The molecule has 0 saturated heterocycles. The van der Waals surface area contributed by atoms with Crippen LogP contribution in [0.5, 0.6) is 0 Å². The number of aromatic amines is 1. The maximum absolute atomic E-state index is 10.6. The highest BCUT2D eigenvalue weighted by molar-refractivity contribution is 7.98. The first kappa shape index (κ1) is 62.3. The van der Waals surface area contributed by atoms with Gasteiger partial charge in [-0.05, 0) is 74.6 Å². The van der Waals surface area contributed by atoms with Gasteiger partial charge in [-0.2, -0.15) is 11.8 Å². The van der Waals surface area contributed by atoms with E-state index < -0.39 is 78.2 Å². The van der Waals surface area contributed by atoms with Gasteiger partial charge in [0.1, 0.15) is 36.3 Å². The van der Waals surface area contributed by atoms with Gasteiger partial charge in [0, 0.05) is 23.5 Å². The van der Waals surface area contributed by atoms with E-state index in [-0.39, 0.29) is 5.92 Å². The lowest BCUT2D eigenvalue weighted by Gasteiger charge is -2.11. The lowest BCUT2D eigenvalue weighted by molar-refractivity contribution is -0.141. The number of fused-ring (bicyclic) bond motifs is 1. The molecule has 22 heteroatoms. The molecule has 60 heavy (non-hydrogen) atoms. The van der Waals surface area contributed by atoms with E-state index in [0.717, 1.165) is 41.5 Å². The Morgan fingerprint density at radius 2 is 1.13 bits per heavy atom. The molecule has 0 bridgehead atoms. The topological polar surface area (TPSA) is 442 Å². The highest BCUT2D eigenvalue weighted by Gasteiger charge is 2.18. The van der Waals surface area contributed by atoms with Crippen LogP contribution in [-0.4, -0.2) is 137 Å². The molecule has 8 atom stereocenters. The molecule has 0 fully saturated rings. The smallest absolute Gasteiger partial charge is 0.323 e. The number of carbonyl (C=O) groups is 6. The summed E-state index contributed by atoms with van der Waals surface area (Å²) in [5.41, 5.74) is 38.4. The van der Waals surface area contributed by atoms with Crippen LogP contribution in [0.2, 0.25) is 0 Å². The third kappa shape index (κ3) is 33.4. The average Bonchev–Trinajstić information content (AvgIpc) is 3.59. The first-order valence-corrected chi connectivity index (χ1v) is 20.4. The Morgan fingerprint density at radius 1 is 0.667 bits per heavy atom. The van der Waals surface area contributed by atoms with Crippen LogP contribution in [0.4, 0.5) is 0 Å². The van der Waals surface area contributed by atoms with E-state index in [2.05, 4.69) is 4.98 Å². The molecule has 1 aromatic carbocycles. The standard InChI is InChI=1S/C11H12N2O2.C6H14N2O2.2C6H13NO2.C5H11NO2S.C4H9NO3/c12-9(11(14)15)5-7-6-13-10-4-2-1-3-8(7)10;7-4-2-1-3-5(8)6(9)10;1-4(2)3-5(7)6(8)9;1-3-4(2)5(7)6(8)9;1-9-3-2-4(6)5(7)8;1-2(6)3(5)4(7)8/h1-4,6,9,13H,5,12H2,(H,14,15);5H,1-4,7-8H2,(H,9,10);2*4-5H,3,7H2,1-2H3,(H,8,9);4H,2-3,6H2,1H3,(H,7,8);2-3,6H,5H2,1H3,(H,7,8). The number of para-hydroxylation sites is 1. The minimum atomic E-state index is -1.18. The van der Waals surface area contributed by atoms with Crippen LogP contribution in [-0.2, 0) is 35.2 Å². The lowest BCUT2D eigenvalue weighted by atomic mass is 10.0. The van der Waals surface area contributed by atoms with Gasteiger partial charge in [-0.1, -0.05) is 58.7 Å². The lowest BCUT2D eigenvalue weighted by Crippen LogP contribution is -2.39. The second kappa shape index (κ2) is 36.5. The monoisotopic (exact) mass is 880 g/mol. The second-order valence-corrected chi connectivity index (χ2v) is 14.9. The summed E-state index contributed by atoms with van der Waals surface area (Å²) in [4.78, 5) is 64.1. The van der Waals surface area contributed by atoms with Crippen LogP contribution < -0.4 is 40.1 Å². The van der Waals surface area contributed by atoms with Crippen molar-refractivity contribution in [3.05, 3.63) is 36.0 Å². The molecule has 348 valence electrons. The number of hydrogen-bond donors (Lipinski definition) is 15. The quantitative estimate of drug-likeness (QED) is 0.0804. The number of unbranched alkanes of at least 4 members (excludes halogenated alkanes) is 1. The predicted molar refractivity (Wildman–Crippen MR) is 232 cm³/mol. The number of aliphatic hydroxyl groups excluding tert-OH is 1. The normalized spacial score (nSPS) is 14.2. The Hall–Kier alpha value is -4.39.